The Bertz CT molecular complexity index is 677. The normalized spacial score (nSPS) is 12.0. The Hall–Kier alpha value is -1.50. The van der Waals surface area contributed by atoms with E-state index in [4.69, 9.17) is 22.6 Å². The van der Waals surface area contributed by atoms with Crippen molar-refractivity contribution in [2.45, 2.75) is 26.4 Å². The number of hydrogen-bond acceptors (Lipinski definition) is 8. The van der Waals surface area contributed by atoms with Crippen LogP contribution in [0.2, 0.25) is 0 Å². The van der Waals surface area contributed by atoms with Gasteiger partial charge in [-0.15, -0.1) is 0 Å². The van der Waals surface area contributed by atoms with Crippen molar-refractivity contribution in [3.63, 3.8) is 0 Å². The Morgan fingerprint density at radius 1 is 1.12 bits per heavy atom. The summed E-state index contributed by atoms with van der Waals surface area (Å²) in [5.74, 6) is 0. The summed E-state index contributed by atoms with van der Waals surface area (Å²) in [4.78, 5) is 11.2. The van der Waals surface area contributed by atoms with Gasteiger partial charge in [-0.1, -0.05) is 31.5 Å². The van der Waals surface area contributed by atoms with Crippen molar-refractivity contribution in [2.75, 3.05) is 21.3 Å². The van der Waals surface area contributed by atoms with Gasteiger partial charge in [0.15, 0.2) is 0 Å². The molecule has 0 spiro atoms. The van der Waals surface area contributed by atoms with Gasteiger partial charge < -0.3 is 18.0 Å². The molecule has 0 saturated heterocycles. The van der Waals surface area contributed by atoms with E-state index in [9.17, 15) is 13.2 Å². The Balaban J connectivity index is 3.03. The van der Waals surface area contributed by atoms with Crippen molar-refractivity contribution in [3.8, 4) is 0 Å². The molecule has 1 rings (SSSR count). The molecule has 0 aliphatic heterocycles. The van der Waals surface area contributed by atoms with Gasteiger partial charge in [0.1, 0.15) is 6.61 Å². The number of rotatable bonds is 9. The van der Waals surface area contributed by atoms with Crippen LogP contribution in [0.1, 0.15) is 24.5 Å². The maximum absolute atomic E-state index is 11.2. The fourth-order valence-electron chi connectivity index (χ4n) is 2.31. The number of benzene rings is 1. The molecule has 0 aliphatic rings. The van der Waals surface area contributed by atoms with Crippen LogP contribution in [0.5, 0.6) is 0 Å². The molecule has 1 aromatic carbocycles. The third-order valence-corrected chi connectivity index (χ3v) is 6.38. The molecular formula is C14H22O9SSi. The maximum Gasteiger partial charge on any atom is 0.536 e. The van der Waals surface area contributed by atoms with Crippen LogP contribution in [-0.2, 0) is 45.6 Å². The molecule has 0 amide bonds. The molecule has 0 aliphatic carbocycles. The quantitative estimate of drug-likeness (QED) is 0.374. The Labute approximate surface area is 148 Å². The number of carbonyl (C=O) groups excluding carboxylic acids is 1. The highest BCUT2D eigenvalue weighted by molar-refractivity contribution is 7.81. The van der Waals surface area contributed by atoms with E-state index in [0.29, 0.717) is 12.0 Å². The minimum Gasteiger partial charge on any atom is -0.429 e. The molecule has 142 valence electrons. The second-order valence-electron chi connectivity index (χ2n) is 4.95. The minimum absolute atomic E-state index is 0.217. The van der Waals surface area contributed by atoms with E-state index in [0.717, 1.165) is 17.2 Å². The molecule has 0 atom stereocenters. The summed E-state index contributed by atoms with van der Waals surface area (Å²) in [5, 5.41) is 0.743. The Kier molecular flexibility index (Phi) is 7.98. The van der Waals surface area contributed by atoms with E-state index < -0.39 is 25.4 Å². The first-order valence-corrected chi connectivity index (χ1v) is 10.4. The van der Waals surface area contributed by atoms with Gasteiger partial charge in [0.05, 0.1) is 0 Å². The first-order valence-electron chi connectivity index (χ1n) is 7.32. The molecule has 25 heavy (non-hydrogen) atoms. The number of ether oxygens (including phenoxy) is 1. The molecule has 0 radical (unpaired) electrons. The molecule has 1 aromatic rings. The van der Waals surface area contributed by atoms with Gasteiger partial charge in [0.2, 0.25) is 0 Å². The summed E-state index contributed by atoms with van der Waals surface area (Å²) in [6, 6.07) is 5.29. The standard InChI is InChI=1S/C14H22O9SSi/c1-5-6-11-9-13(25(19-2,20-3)21-4)8-7-12(11)10-22-14(15)23-24(16,17)18/h7-9H,5-6,10H2,1-4H3,(H,16,17,18). The topological polar surface area (TPSA) is 118 Å². The van der Waals surface area contributed by atoms with E-state index in [1.165, 1.54) is 21.3 Å². The lowest BCUT2D eigenvalue weighted by molar-refractivity contribution is 0.0905. The van der Waals surface area contributed by atoms with Crippen LogP contribution >= 0.6 is 0 Å². The SMILES string of the molecule is CCCc1cc([Si](OC)(OC)OC)ccc1COC(=O)OS(=O)(=O)O. The van der Waals surface area contributed by atoms with Crippen LogP contribution in [0.15, 0.2) is 18.2 Å². The van der Waals surface area contributed by atoms with E-state index in [1.807, 2.05) is 13.0 Å². The second kappa shape index (κ2) is 9.27. The first-order chi connectivity index (χ1) is 11.7. The monoisotopic (exact) mass is 394 g/mol. The van der Waals surface area contributed by atoms with Crippen molar-refractivity contribution in [2.24, 2.45) is 0 Å². The lowest BCUT2D eigenvalue weighted by Crippen LogP contribution is -2.54. The van der Waals surface area contributed by atoms with Crippen LogP contribution in [0, 0.1) is 0 Å². The molecule has 0 aromatic heterocycles. The highest BCUT2D eigenvalue weighted by Gasteiger charge is 2.41. The van der Waals surface area contributed by atoms with Crippen molar-refractivity contribution in [1.82, 2.24) is 0 Å². The van der Waals surface area contributed by atoms with Gasteiger partial charge >= 0.3 is 25.4 Å². The average Bonchev–Trinajstić information content (AvgIpc) is 2.55. The number of hydrogen-bond donors (Lipinski definition) is 1. The minimum atomic E-state index is -4.90. The van der Waals surface area contributed by atoms with Crippen LogP contribution in [0.3, 0.4) is 0 Å². The fourth-order valence-corrected chi connectivity index (χ4v) is 4.38. The molecule has 0 saturated carbocycles. The summed E-state index contributed by atoms with van der Waals surface area (Å²) in [5.41, 5.74) is 1.52. The Morgan fingerprint density at radius 3 is 2.20 bits per heavy atom. The van der Waals surface area contributed by atoms with Gasteiger partial charge in [-0.25, -0.2) is 4.79 Å². The zero-order chi connectivity index (χ0) is 19.1. The summed E-state index contributed by atoms with van der Waals surface area (Å²) in [6.45, 7) is 1.77. The van der Waals surface area contributed by atoms with Gasteiger partial charge in [0, 0.05) is 26.5 Å². The smallest absolute Gasteiger partial charge is 0.429 e. The summed E-state index contributed by atoms with van der Waals surface area (Å²) < 4.78 is 54.1. The van der Waals surface area contributed by atoms with Crippen LogP contribution in [-0.4, -0.2) is 49.3 Å². The molecule has 9 nitrogen and oxygen atoms in total. The van der Waals surface area contributed by atoms with E-state index >= 15 is 0 Å². The Morgan fingerprint density at radius 2 is 1.72 bits per heavy atom. The zero-order valence-electron chi connectivity index (χ0n) is 14.5. The van der Waals surface area contributed by atoms with E-state index in [-0.39, 0.29) is 6.61 Å². The first kappa shape index (κ1) is 21.5. The maximum atomic E-state index is 11.2. The van der Waals surface area contributed by atoms with E-state index in [2.05, 4.69) is 4.18 Å². The lowest BCUT2D eigenvalue weighted by Gasteiger charge is -2.25. The third kappa shape index (κ3) is 6.06. The second-order valence-corrected chi connectivity index (χ2v) is 8.89. The van der Waals surface area contributed by atoms with Crippen LogP contribution in [0.25, 0.3) is 0 Å². The largest absolute Gasteiger partial charge is 0.536 e. The van der Waals surface area contributed by atoms with Gasteiger partial charge in [-0.05, 0) is 17.5 Å². The molecule has 0 unspecified atom stereocenters. The average molecular weight is 394 g/mol. The molecule has 1 N–H and O–H groups in total. The summed E-state index contributed by atoms with van der Waals surface area (Å²) in [7, 11) is -3.40. The van der Waals surface area contributed by atoms with Crippen molar-refractivity contribution in [3.05, 3.63) is 29.3 Å². The van der Waals surface area contributed by atoms with Gasteiger partial charge in [-0.2, -0.15) is 8.42 Å². The van der Waals surface area contributed by atoms with Crippen LogP contribution < -0.4 is 5.19 Å². The molecule has 0 fully saturated rings. The summed E-state index contributed by atoms with van der Waals surface area (Å²) >= 11 is 0. The molecular weight excluding hydrogens is 372 g/mol. The van der Waals surface area contributed by atoms with Gasteiger partial charge in [-0.3, -0.25) is 8.74 Å². The highest BCUT2D eigenvalue weighted by atomic mass is 32.3. The van der Waals surface area contributed by atoms with Crippen molar-refractivity contribution < 1.29 is 40.0 Å². The summed E-state index contributed by atoms with van der Waals surface area (Å²) in [6.07, 6.45) is -0.00187. The van der Waals surface area contributed by atoms with Crippen LogP contribution in [0.4, 0.5) is 4.79 Å². The van der Waals surface area contributed by atoms with Gasteiger partial charge in [0.25, 0.3) is 0 Å². The lowest BCUT2D eigenvalue weighted by atomic mass is 10.0. The zero-order valence-corrected chi connectivity index (χ0v) is 16.3. The predicted octanol–water partition coefficient (Wildman–Crippen LogP) is 1.18. The molecule has 11 heteroatoms. The van der Waals surface area contributed by atoms with E-state index in [1.54, 1.807) is 12.1 Å². The molecule has 0 heterocycles. The highest BCUT2D eigenvalue weighted by Crippen LogP contribution is 2.16. The van der Waals surface area contributed by atoms with Crippen molar-refractivity contribution in [1.29, 1.82) is 0 Å². The third-order valence-electron chi connectivity index (χ3n) is 3.40. The predicted molar refractivity (Wildman–Crippen MR) is 89.7 cm³/mol. The number of aryl methyl sites for hydroxylation is 1. The van der Waals surface area contributed by atoms with Crippen molar-refractivity contribution >= 4 is 30.5 Å². The molecule has 0 bridgehead atoms. The number of carbonyl (C=O) groups is 1. The fraction of sp³-hybridized carbons (Fsp3) is 0.500.